The smallest absolute Gasteiger partial charge is 0.407 e. The zero-order chi connectivity index (χ0) is 11.1. The largest absolute Gasteiger partial charge is 0.453 e. The molecule has 1 rings (SSSR count). The van der Waals surface area contributed by atoms with E-state index in [9.17, 15) is 4.79 Å². The quantitative estimate of drug-likeness (QED) is 0.773. The Morgan fingerprint density at radius 3 is 2.67 bits per heavy atom. The van der Waals surface area contributed by atoms with Crippen LogP contribution in [-0.4, -0.2) is 25.8 Å². The summed E-state index contributed by atoms with van der Waals surface area (Å²) < 4.78 is 4.51. The molecule has 0 fully saturated rings. The van der Waals surface area contributed by atoms with Crippen LogP contribution in [0, 0.1) is 0 Å². The van der Waals surface area contributed by atoms with Crippen LogP contribution in [0.15, 0.2) is 30.3 Å². The molecule has 0 saturated heterocycles. The van der Waals surface area contributed by atoms with Crippen LogP contribution in [-0.2, 0) is 11.2 Å². The van der Waals surface area contributed by atoms with Crippen molar-refractivity contribution < 1.29 is 9.53 Å². The second kappa shape index (κ2) is 6.03. The van der Waals surface area contributed by atoms with Gasteiger partial charge in [-0.1, -0.05) is 30.3 Å². The summed E-state index contributed by atoms with van der Waals surface area (Å²) in [7, 11) is 1.34. The van der Waals surface area contributed by atoms with Crippen LogP contribution < -0.4 is 11.1 Å². The average Bonchev–Trinajstić information content (AvgIpc) is 2.29. The number of alkyl carbamates (subject to hydrolysis) is 1. The predicted octanol–water partition coefficient (Wildman–Crippen LogP) is 0.912. The molecule has 82 valence electrons. The SMILES string of the molecule is COC(=O)NC(CN)Cc1ccccc1. The highest BCUT2D eigenvalue weighted by Crippen LogP contribution is 2.02. The van der Waals surface area contributed by atoms with Crippen LogP contribution in [0.25, 0.3) is 0 Å². The van der Waals surface area contributed by atoms with Crippen molar-refractivity contribution in [3.05, 3.63) is 35.9 Å². The van der Waals surface area contributed by atoms with Crippen LogP contribution in [0.5, 0.6) is 0 Å². The van der Waals surface area contributed by atoms with E-state index in [2.05, 4.69) is 10.1 Å². The lowest BCUT2D eigenvalue weighted by Gasteiger charge is -2.15. The van der Waals surface area contributed by atoms with Crippen molar-refractivity contribution in [3.8, 4) is 0 Å². The van der Waals surface area contributed by atoms with Gasteiger partial charge in [0.15, 0.2) is 0 Å². The summed E-state index contributed by atoms with van der Waals surface area (Å²) in [6.07, 6.45) is 0.272. The molecule has 1 unspecified atom stereocenters. The highest BCUT2D eigenvalue weighted by molar-refractivity contribution is 5.67. The van der Waals surface area contributed by atoms with Crippen molar-refractivity contribution in [3.63, 3.8) is 0 Å². The molecule has 0 aliphatic rings. The van der Waals surface area contributed by atoms with E-state index in [0.29, 0.717) is 13.0 Å². The third kappa shape index (κ3) is 3.99. The van der Waals surface area contributed by atoms with Crippen molar-refractivity contribution in [1.29, 1.82) is 0 Å². The fourth-order valence-corrected chi connectivity index (χ4v) is 1.32. The number of methoxy groups -OCH3 is 1. The van der Waals surface area contributed by atoms with Gasteiger partial charge in [0.05, 0.1) is 7.11 Å². The summed E-state index contributed by atoms with van der Waals surface area (Å²) in [5.74, 6) is 0. The number of nitrogens with one attached hydrogen (secondary N) is 1. The average molecular weight is 208 g/mol. The third-order valence-corrected chi connectivity index (χ3v) is 2.12. The summed E-state index contributed by atoms with van der Waals surface area (Å²) in [5.41, 5.74) is 6.70. The summed E-state index contributed by atoms with van der Waals surface area (Å²) >= 11 is 0. The first-order valence-corrected chi connectivity index (χ1v) is 4.84. The maximum Gasteiger partial charge on any atom is 0.407 e. The first kappa shape index (κ1) is 11.5. The lowest BCUT2D eigenvalue weighted by atomic mass is 10.1. The molecule has 15 heavy (non-hydrogen) atoms. The van der Waals surface area contributed by atoms with Gasteiger partial charge in [0.1, 0.15) is 0 Å². The molecule has 1 atom stereocenters. The number of nitrogens with two attached hydrogens (primary N) is 1. The van der Waals surface area contributed by atoms with Crippen molar-refractivity contribution >= 4 is 6.09 Å². The molecule has 1 aromatic rings. The lowest BCUT2D eigenvalue weighted by Crippen LogP contribution is -2.41. The van der Waals surface area contributed by atoms with Gasteiger partial charge in [-0.2, -0.15) is 0 Å². The van der Waals surface area contributed by atoms with Gasteiger partial charge in [-0.25, -0.2) is 4.79 Å². The van der Waals surface area contributed by atoms with Gasteiger partial charge in [0.25, 0.3) is 0 Å². The van der Waals surface area contributed by atoms with Gasteiger partial charge in [-0.05, 0) is 12.0 Å². The molecule has 0 saturated carbocycles. The van der Waals surface area contributed by atoms with E-state index in [1.54, 1.807) is 0 Å². The molecule has 4 nitrogen and oxygen atoms in total. The molecule has 0 bridgehead atoms. The number of hydrogen-bond acceptors (Lipinski definition) is 3. The van der Waals surface area contributed by atoms with Crippen LogP contribution in [0.3, 0.4) is 0 Å². The Bertz CT molecular complexity index is 301. The summed E-state index contributed by atoms with van der Waals surface area (Å²) in [5, 5.41) is 2.68. The Hall–Kier alpha value is -1.55. The number of amides is 1. The minimum atomic E-state index is -0.443. The minimum absolute atomic E-state index is 0.0835. The van der Waals surface area contributed by atoms with Gasteiger partial charge in [0, 0.05) is 12.6 Å². The fourth-order valence-electron chi connectivity index (χ4n) is 1.32. The fraction of sp³-hybridized carbons (Fsp3) is 0.364. The van der Waals surface area contributed by atoms with Gasteiger partial charge in [-0.3, -0.25) is 0 Å². The van der Waals surface area contributed by atoms with Crippen LogP contribution in [0.2, 0.25) is 0 Å². The molecule has 0 radical (unpaired) electrons. The molecule has 0 aliphatic carbocycles. The summed E-state index contributed by atoms with van der Waals surface area (Å²) in [6, 6.07) is 9.79. The van der Waals surface area contributed by atoms with E-state index in [-0.39, 0.29) is 6.04 Å². The first-order chi connectivity index (χ1) is 7.26. The molecule has 4 heteroatoms. The Morgan fingerprint density at radius 2 is 2.13 bits per heavy atom. The minimum Gasteiger partial charge on any atom is -0.453 e. The van der Waals surface area contributed by atoms with Crippen molar-refractivity contribution in [2.75, 3.05) is 13.7 Å². The van der Waals surface area contributed by atoms with Gasteiger partial charge in [-0.15, -0.1) is 0 Å². The molecular weight excluding hydrogens is 192 g/mol. The van der Waals surface area contributed by atoms with Crippen LogP contribution in [0.1, 0.15) is 5.56 Å². The second-order valence-electron chi connectivity index (χ2n) is 3.26. The molecule has 1 amide bonds. The monoisotopic (exact) mass is 208 g/mol. The van der Waals surface area contributed by atoms with E-state index in [0.717, 1.165) is 5.56 Å². The highest BCUT2D eigenvalue weighted by Gasteiger charge is 2.10. The topological polar surface area (TPSA) is 64.3 Å². The van der Waals surface area contributed by atoms with Crippen molar-refractivity contribution in [2.45, 2.75) is 12.5 Å². The summed E-state index contributed by atoms with van der Waals surface area (Å²) in [4.78, 5) is 11.0. The maximum atomic E-state index is 11.0. The van der Waals surface area contributed by atoms with E-state index >= 15 is 0 Å². The van der Waals surface area contributed by atoms with Gasteiger partial charge >= 0.3 is 6.09 Å². The lowest BCUT2D eigenvalue weighted by molar-refractivity contribution is 0.167. The summed E-state index contributed by atoms with van der Waals surface area (Å²) in [6.45, 7) is 0.393. The van der Waals surface area contributed by atoms with Crippen LogP contribution in [0.4, 0.5) is 4.79 Å². The Kier molecular flexibility index (Phi) is 4.63. The molecule has 0 spiro atoms. The third-order valence-electron chi connectivity index (χ3n) is 2.12. The number of ether oxygens (including phenoxy) is 1. The zero-order valence-corrected chi connectivity index (χ0v) is 8.77. The Labute approximate surface area is 89.4 Å². The Balaban J connectivity index is 2.50. The number of benzene rings is 1. The maximum absolute atomic E-state index is 11.0. The number of rotatable bonds is 4. The zero-order valence-electron chi connectivity index (χ0n) is 8.77. The molecule has 0 heterocycles. The number of carbonyl (C=O) groups is 1. The first-order valence-electron chi connectivity index (χ1n) is 4.84. The molecule has 0 aliphatic heterocycles. The number of hydrogen-bond donors (Lipinski definition) is 2. The predicted molar refractivity (Wildman–Crippen MR) is 58.5 cm³/mol. The van der Waals surface area contributed by atoms with Gasteiger partial charge in [0.2, 0.25) is 0 Å². The molecular formula is C11H16N2O2. The molecule has 3 N–H and O–H groups in total. The van der Waals surface area contributed by atoms with Crippen molar-refractivity contribution in [1.82, 2.24) is 5.32 Å². The van der Waals surface area contributed by atoms with E-state index in [1.807, 2.05) is 30.3 Å². The van der Waals surface area contributed by atoms with E-state index in [4.69, 9.17) is 5.73 Å². The van der Waals surface area contributed by atoms with Crippen molar-refractivity contribution in [2.24, 2.45) is 5.73 Å². The second-order valence-corrected chi connectivity index (χ2v) is 3.26. The van der Waals surface area contributed by atoms with Crippen LogP contribution >= 0.6 is 0 Å². The normalized spacial score (nSPS) is 11.9. The van der Waals surface area contributed by atoms with E-state index in [1.165, 1.54) is 7.11 Å². The van der Waals surface area contributed by atoms with Gasteiger partial charge < -0.3 is 15.8 Å². The molecule has 1 aromatic carbocycles. The molecule has 0 aromatic heterocycles. The standard InChI is InChI=1S/C11H16N2O2/c1-15-11(14)13-10(8-12)7-9-5-3-2-4-6-9/h2-6,10H,7-8,12H2,1H3,(H,13,14). The van der Waals surface area contributed by atoms with E-state index < -0.39 is 6.09 Å². The highest BCUT2D eigenvalue weighted by atomic mass is 16.5. The Morgan fingerprint density at radius 1 is 1.47 bits per heavy atom. The number of carbonyl (C=O) groups excluding carboxylic acids is 1.